The first-order valence-electron chi connectivity index (χ1n) is 16.6. The van der Waals surface area contributed by atoms with Crippen LogP contribution in [0, 0.1) is 20.2 Å². The van der Waals surface area contributed by atoms with Gasteiger partial charge in [-0.1, -0.05) is 36.4 Å². The summed E-state index contributed by atoms with van der Waals surface area (Å²) in [4.78, 5) is 43.2. The summed E-state index contributed by atoms with van der Waals surface area (Å²) in [5, 5.41) is 27.0. The minimum Gasteiger partial charge on any atom is -0.322 e. The monoisotopic (exact) mass is 930 g/mol. The standard InChI is InChI=1S/C36H26N4O18S4/c41-35(37-27-13-9-21(31(17-27)59(47,48)49)1-3-23-11-15-29(39(43)44)19-33(23)61(53,54)55)25-5-7-26(8-6-25)36(42)38-28-14-10-22(32(18-28)60(50,51)52)2-4-24-12-16-30(40(45)46)20-34(24)62(56,57)58/h1-20H,(H,37,41)(H,38,42)(H,47,48,49)(H,50,51,52)(H,53,54,55)(H,56,57,58)/b3-1+,4-2+. The molecule has 5 aromatic rings. The average molecular weight is 931 g/mol. The molecule has 22 nitrogen and oxygen atoms in total. The Morgan fingerprint density at radius 2 is 0.694 bits per heavy atom. The van der Waals surface area contributed by atoms with Crippen molar-refractivity contribution in [1.82, 2.24) is 0 Å². The quantitative estimate of drug-likeness (QED) is 0.0354. The molecular weight excluding hydrogens is 905 g/mol. The molecule has 0 atom stereocenters. The van der Waals surface area contributed by atoms with Gasteiger partial charge in [0.15, 0.2) is 0 Å². The Bertz CT molecular complexity index is 3010. The number of hydrogen-bond acceptors (Lipinski definition) is 14. The number of carbonyl (C=O) groups is 2. The van der Waals surface area contributed by atoms with Crippen LogP contribution < -0.4 is 10.6 Å². The maximum absolute atomic E-state index is 13.0. The molecular formula is C36H26N4O18S4. The van der Waals surface area contributed by atoms with Gasteiger partial charge in [-0.15, -0.1) is 0 Å². The van der Waals surface area contributed by atoms with E-state index in [-0.39, 0.29) is 44.8 Å². The highest BCUT2D eigenvalue weighted by molar-refractivity contribution is 7.86. The zero-order valence-electron chi connectivity index (χ0n) is 30.6. The van der Waals surface area contributed by atoms with E-state index in [4.69, 9.17) is 0 Å². The summed E-state index contributed by atoms with van der Waals surface area (Å²) in [5.41, 5.74) is -2.78. The second-order valence-electron chi connectivity index (χ2n) is 12.5. The maximum Gasteiger partial charge on any atom is 0.295 e. The Hall–Kier alpha value is -7.04. The maximum atomic E-state index is 13.0. The second kappa shape index (κ2) is 17.5. The van der Waals surface area contributed by atoms with E-state index < -0.39 is 93.1 Å². The largest absolute Gasteiger partial charge is 0.322 e. The molecule has 5 rings (SSSR count). The lowest BCUT2D eigenvalue weighted by molar-refractivity contribution is -0.385. The Labute approximate surface area is 350 Å². The van der Waals surface area contributed by atoms with Gasteiger partial charge in [0, 0.05) is 46.8 Å². The lowest BCUT2D eigenvalue weighted by atomic mass is 10.1. The van der Waals surface area contributed by atoms with E-state index in [0.29, 0.717) is 12.1 Å². The summed E-state index contributed by atoms with van der Waals surface area (Å²) in [5.74, 6) is -1.66. The topological polar surface area (TPSA) is 362 Å². The van der Waals surface area contributed by atoms with Gasteiger partial charge in [-0.2, -0.15) is 33.7 Å². The number of carbonyl (C=O) groups excluding carboxylic acids is 2. The van der Waals surface area contributed by atoms with Gasteiger partial charge in [-0.3, -0.25) is 48.0 Å². The third-order valence-electron chi connectivity index (χ3n) is 8.36. The van der Waals surface area contributed by atoms with Crippen LogP contribution >= 0.6 is 0 Å². The van der Waals surface area contributed by atoms with E-state index in [1.54, 1.807) is 0 Å². The smallest absolute Gasteiger partial charge is 0.295 e. The fraction of sp³-hybridized carbons (Fsp3) is 0. The molecule has 0 spiro atoms. The Balaban J connectivity index is 1.33. The first-order valence-corrected chi connectivity index (χ1v) is 22.3. The number of amides is 2. The fourth-order valence-corrected chi connectivity index (χ4v) is 8.31. The highest BCUT2D eigenvalue weighted by atomic mass is 32.2. The van der Waals surface area contributed by atoms with Gasteiger partial charge >= 0.3 is 0 Å². The van der Waals surface area contributed by atoms with Gasteiger partial charge in [0.25, 0.3) is 63.7 Å². The molecule has 26 heteroatoms. The lowest BCUT2D eigenvalue weighted by Crippen LogP contribution is -2.15. The van der Waals surface area contributed by atoms with Gasteiger partial charge in [0.2, 0.25) is 0 Å². The van der Waals surface area contributed by atoms with Gasteiger partial charge < -0.3 is 10.6 Å². The summed E-state index contributed by atoms with van der Waals surface area (Å²) in [6.45, 7) is 0. The van der Waals surface area contributed by atoms with Crippen LogP contribution in [0.5, 0.6) is 0 Å². The molecule has 0 aliphatic carbocycles. The van der Waals surface area contributed by atoms with Crippen molar-refractivity contribution in [3.8, 4) is 0 Å². The number of anilines is 2. The van der Waals surface area contributed by atoms with Crippen molar-refractivity contribution in [3.63, 3.8) is 0 Å². The van der Waals surface area contributed by atoms with E-state index in [1.165, 1.54) is 36.4 Å². The highest BCUT2D eigenvalue weighted by Crippen LogP contribution is 2.29. The zero-order valence-corrected chi connectivity index (χ0v) is 33.8. The molecule has 0 unspecified atom stereocenters. The van der Waals surface area contributed by atoms with Crippen molar-refractivity contribution < 1.29 is 71.3 Å². The molecule has 0 aliphatic heterocycles. The Morgan fingerprint density at radius 3 is 0.952 bits per heavy atom. The first-order chi connectivity index (χ1) is 28.7. The number of nitro benzene ring substituents is 2. The van der Waals surface area contributed by atoms with Crippen molar-refractivity contribution in [2.75, 3.05) is 10.6 Å². The molecule has 0 bridgehead atoms. The highest BCUT2D eigenvalue weighted by Gasteiger charge is 2.23. The van der Waals surface area contributed by atoms with Crippen LogP contribution in [-0.4, -0.2) is 73.5 Å². The third kappa shape index (κ3) is 11.2. The van der Waals surface area contributed by atoms with Crippen molar-refractivity contribution in [2.45, 2.75) is 19.6 Å². The number of hydrogen-bond donors (Lipinski definition) is 6. The molecule has 2 amide bonds. The molecule has 6 N–H and O–H groups in total. The van der Waals surface area contributed by atoms with Crippen molar-refractivity contribution in [3.05, 3.63) is 151 Å². The number of benzene rings is 5. The van der Waals surface area contributed by atoms with Crippen LogP contribution in [-0.2, 0) is 40.5 Å². The summed E-state index contributed by atoms with van der Waals surface area (Å²) in [6, 6.07) is 16.2. The second-order valence-corrected chi connectivity index (χ2v) is 18.1. The number of nitro groups is 2. The van der Waals surface area contributed by atoms with Gasteiger partial charge in [-0.05, 0) is 82.9 Å². The lowest BCUT2D eigenvalue weighted by Gasteiger charge is -2.11. The predicted molar refractivity (Wildman–Crippen MR) is 219 cm³/mol. The molecule has 0 fully saturated rings. The van der Waals surface area contributed by atoms with Crippen LogP contribution in [0.25, 0.3) is 24.3 Å². The molecule has 62 heavy (non-hydrogen) atoms. The van der Waals surface area contributed by atoms with Gasteiger partial charge in [0.05, 0.1) is 9.85 Å². The molecule has 0 saturated heterocycles. The molecule has 0 radical (unpaired) electrons. The molecule has 322 valence electrons. The Kier molecular flexibility index (Phi) is 13.0. The Morgan fingerprint density at radius 1 is 0.435 bits per heavy atom. The SMILES string of the molecule is O=C(Nc1ccc(/C=C/c2ccc([N+](=O)[O-])cc2S(=O)(=O)O)c(S(=O)(=O)O)c1)c1ccc(C(=O)Nc2ccc(/C=C/c3ccc([N+](=O)[O-])cc3S(=O)(=O)O)c(S(=O)(=O)O)c2)cc1. The van der Waals surface area contributed by atoms with Gasteiger partial charge in [-0.25, -0.2) is 0 Å². The molecule has 5 aromatic carbocycles. The number of non-ortho nitro benzene ring substituents is 2. The van der Waals surface area contributed by atoms with E-state index in [0.717, 1.165) is 72.8 Å². The first kappa shape index (κ1) is 46.0. The van der Waals surface area contributed by atoms with Crippen LogP contribution in [0.4, 0.5) is 22.7 Å². The van der Waals surface area contributed by atoms with Crippen LogP contribution in [0.3, 0.4) is 0 Å². The van der Waals surface area contributed by atoms with E-state index in [1.807, 2.05) is 0 Å². The summed E-state index contributed by atoms with van der Waals surface area (Å²) in [6.07, 6.45) is 4.06. The molecule has 0 aromatic heterocycles. The third-order valence-corrected chi connectivity index (χ3v) is 12.0. The van der Waals surface area contributed by atoms with Crippen LogP contribution in [0.2, 0.25) is 0 Å². The fourth-order valence-electron chi connectivity index (χ4n) is 5.48. The van der Waals surface area contributed by atoms with Crippen LogP contribution in [0.1, 0.15) is 43.0 Å². The van der Waals surface area contributed by atoms with E-state index in [2.05, 4.69) is 10.6 Å². The minimum absolute atomic E-state index is 0.0650. The number of rotatable bonds is 14. The van der Waals surface area contributed by atoms with Crippen molar-refractivity contribution >= 4 is 99.3 Å². The molecule has 0 saturated carbocycles. The summed E-state index contributed by atoms with van der Waals surface area (Å²) in [7, 11) is -20.0. The van der Waals surface area contributed by atoms with Gasteiger partial charge in [0.1, 0.15) is 19.6 Å². The number of nitrogens with one attached hydrogen (secondary N) is 2. The summed E-state index contributed by atoms with van der Waals surface area (Å²) < 4.78 is 135. The molecule has 0 aliphatic rings. The van der Waals surface area contributed by atoms with E-state index >= 15 is 0 Å². The summed E-state index contributed by atoms with van der Waals surface area (Å²) >= 11 is 0. The predicted octanol–water partition coefficient (Wildman–Crippen LogP) is 5.34. The minimum atomic E-state index is -5.00. The van der Waals surface area contributed by atoms with Crippen molar-refractivity contribution in [2.24, 2.45) is 0 Å². The normalized spacial score (nSPS) is 12.3. The average Bonchev–Trinajstić information content (AvgIpc) is 3.18. The zero-order chi connectivity index (χ0) is 45.9. The van der Waals surface area contributed by atoms with Crippen molar-refractivity contribution in [1.29, 1.82) is 0 Å². The van der Waals surface area contributed by atoms with E-state index in [9.17, 15) is 81.7 Å². The molecule has 0 heterocycles. The van der Waals surface area contributed by atoms with Crippen LogP contribution in [0.15, 0.2) is 117 Å². The number of nitrogens with zero attached hydrogens (tertiary/aromatic N) is 2.